The lowest BCUT2D eigenvalue weighted by Crippen LogP contribution is -2.34. The van der Waals surface area contributed by atoms with E-state index in [1.54, 1.807) is 17.0 Å². The van der Waals surface area contributed by atoms with Crippen LogP contribution in [0.4, 0.5) is 0 Å². The Morgan fingerprint density at radius 2 is 1.90 bits per heavy atom. The highest BCUT2D eigenvalue weighted by Gasteiger charge is 2.20. The van der Waals surface area contributed by atoms with E-state index >= 15 is 0 Å². The summed E-state index contributed by atoms with van der Waals surface area (Å²) < 4.78 is 7.17. The number of nitrogens with one attached hydrogen (secondary N) is 1. The molecule has 0 aliphatic heterocycles. The highest BCUT2D eigenvalue weighted by atomic mass is 16.3. The molecule has 1 amide bonds. The molecule has 0 spiro atoms. The van der Waals surface area contributed by atoms with E-state index in [2.05, 4.69) is 22.5 Å². The number of carbonyl (C=O) groups excluding carboxylic acids is 1. The van der Waals surface area contributed by atoms with E-state index in [9.17, 15) is 4.79 Å². The molecule has 4 aromatic rings. The monoisotopic (exact) mass is 399 g/mol. The first-order chi connectivity index (χ1) is 14.6. The van der Waals surface area contributed by atoms with Crippen LogP contribution in [-0.2, 0) is 6.42 Å². The van der Waals surface area contributed by atoms with Gasteiger partial charge in [-0.2, -0.15) is 5.10 Å². The van der Waals surface area contributed by atoms with Crippen molar-refractivity contribution in [3.8, 4) is 17.1 Å². The van der Waals surface area contributed by atoms with E-state index in [-0.39, 0.29) is 11.9 Å². The van der Waals surface area contributed by atoms with Crippen LogP contribution in [-0.4, -0.2) is 21.7 Å². The fourth-order valence-electron chi connectivity index (χ4n) is 3.44. The first-order valence-electron chi connectivity index (χ1n) is 10.2. The third-order valence-electron chi connectivity index (χ3n) is 5.05. The molecular weight excluding hydrogens is 374 g/mol. The summed E-state index contributed by atoms with van der Waals surface area (Å²) in [5, 5.41) is 7.77. The second-order valence-electron chi connectivity index (χ2n) is 7.54. The molecule has 2 heterocycles. The first kappa shape index (κ1) is 19.7. The molecule has 4 rings (SSSR count). The maximum atomic E-state index is 13.1. The van der Waals surface area contributed by atoms with E-state index in [0.29, 0.717) is 17.1 Å². The van der Waals surface area contributed by atoms with E-state index in [1.165, 1.54) is 5.56 Å². The summed E-state index contributed by atoms with van der Waals surface area (Å²) in [4.78, 5) is 13.1. The summed E-state index contributed by atoms with van der Waals surface area (Å²) >= 11 is 0. The van der Waals surface area contributed by atoms with Crippen molar-refractivity contribution in [3.63, 3.8) is 0 Å². The van der Waals surface area contributed by atoms with Crippen LogP contribution in [0.1, 0.15) is 35.0 Å². The first-order valence-corrected chi connectivity index (χ1v) is 10.2. The molecule has 0 saturated heterocycles. The summed E-state index contributed by atoms with van der Waals surface area (Å²) in [6.07, 6.45) is 3.38. The van der Waals surface area contributed by atoms with Crippen molar-refractivity contribution in [2.45, 2.75) is 32.7 Å². The minimum absolute atomic E-state index is 0.0330. The van der Waals surface area contributed by atoms with Gasteiger partial charge in [-0.05, 0) is 62.1 Å². The zero-order chi connectivity index (χ0) is 20.9. The third kappa shape index (κ3) is 4.51. The number of amides is 1. The van der Waals surface area contributed by atoms with E-state index in [4.69, 9.17) is 4.42 Å². The van der Waals surface area contributed by atoms with Gasteiger partial charge in [-0.3, -0.25) is 4.79 Å². The van der Waals surface area contributed by atoms with Crippen LogP contribution in [0.3, 0.4) is 0 Å². The van der Waals surface area contributed by atoms with Crippen LogP contribution in [0, 0.1) is 6.92 Å². The molecule has 0 bridgehead atoms. The summed E-state index contributed by atoms with van der Waals surface area (Å²) in [5.74, 6) is 0.481. The van der Waals surface area contributed by atoms with Crippen LogP contribution in [0.5, 0.6) is 0 Å². The van der Waals surface area contributed by atoms with Gasteiger partial charge in [-0.15, -0.1) is 0 Å². The van der Waals surface area contributed by atoms with Crippen LogP contribution in [0.2, 0.25) is 0 Å². The maximum absolute atomic E-state index is 13.1. The van der Waals surface area contributed by atoms with E-state index in [1.807, 2.05) is 68.4 Å². The molecule has 0 aliphatic carbocycles. The van der Waals surface area contributed by atoms with Gasteiger partial charge in [0.2, 0.25) is 0 Å². The number of benzene rings is 2. The quantitative estimate of drug-likeness (QED) is 0.465. The minimum atomic E-state index is -0.151. The standard InChI is InChI=1S/C25H25N3O2/c1-18-8-6-11-21(16-18)28-23(17-22(27-28)24-12-7-15-30-24)25(29)26-19(2)13-14-20-9-4-3-5-10-20/h3-12,15-17,19H,13-14H2,1-2H3,(H,26,29)/t19-/m1/s1. The number of carbonyl (C=O) groups is 1. The zero-order valence-electron chi connectivity index (χ0n) is 17.2. The molecule has 1 N–H and O–H groups in total. The van der Waals surface area contributed by atoms with Gasteiger partial charge in [-0.1, -0.05) is 42.5 Å². The molecule has 30 heavy (non-hydrogen) atoms. The Hall–Kier alpha value is -3.60. The predicted octanol–water partition coefficient (Wildman–Crippen LogP) is 5.19. The van der Waals surface area contributed by atoms with Gasteiger partial charge in [0.1, 0.15) is 11.4 Å². The van der Waals surface area contributed by atoms with E-state index < -0.39 is 0 Å². The van der Waals surface area contributed by atoms with Crippen molar-refractivity contribution >= 4 is 5.91 Å². The van der Waals surface area contributed by atoms with Crippen molar-refractivity contribution < 1.29 is 9.21 Å². The molecule has 2 aromatic heterocycles. The lowest BCUT2D eigenvalue weighted by molar-refractivity contribution is 0.0930. The van der Waals surface area contributed by atoms with Gasteiger partial charge in [-0.25, -0.2) is 4.68 Å². The molecule has 0 saturated carbocycles. The predicted molar refractivity (Wildman–Crippen MR) is 118 cm³/mol. The molecule has 0 unspecified atom stereocenters. The highest BCUT2D eigenvalue weighted by molar-refractivity contribution is 5.94. The topological polar surface area (TPSA) is 60.1 Å². The molecule has 0 radical (unpaired) electrons. The molecular formula is C25H25N3O2. The van der Waals surface area contributed by atoms with E-state index in [0.717, 1.165) is 24.1 Å². The van der Waals surface area contributed by atoms with Gasteiger partial charge in [0.25, 0.3) is 5.91 Å². The normalized spacial score (nSPS) is 11.9. The Kier molecular flexibility index (Phi) is 5.80. The summed E-state index contributed by atoms with van der Waals surface area (Å²) in [5.41, 5.74) is 4.32. The summed E-state index contributed by atoms with van der Waals surface area (Å²) in [7, 11) is 0. The summed E-state index contributed by atoms with van der Waals surface area (Å²) in [6, 6.07) is 23.7. The number of nitrogens with zero attached hydrogens (tertiary/aromatic N) is 2. The molecule has 5 heteroatoms. The number of hydrogen-bond donors (Lipinski definition) is 1. The SMILES string of the molecule is Cc1cccc(-n2nc(-c3ccco3)cc2C(=O)N[C@H](C)CCc2ccccc2)c1. The maximum Gasteiger partial charge on any atom is 0.270 e. The Labute approximate surface area is 176 Å². The average Bonchev–Trinajstić information content (AvgIpc) is 3.43. The second-order valence-corrected chi connectivity index (χ2v) is 7.54. The number of furan rings is 1. The fourth-order valence-corrected chi connectivity index (χ4v) is 3.44. The Morgan fingerprint density at radius 1 is 1.07 bits per heavy atom. The molecule has 152 valence electrons. The highest BCUT2D eigenvalue weighted by Crippen LogP contribution is 2.23. The lowest BCUT2D eigenvalue weighted by atomic mass is 10.1. The van der Waals surface area contributed by atoms with Crippen molar-refractivity contribution in [2.24, 2.45) is 0 Å². The van der Waals surface area contributed by atoms with Crippen LogP contribution < -0.4 is 5.32 Å². The molecule has 2 aromatic carbocycles. The van der Waals surface area contributed by atoms with Crippen molar-refractivity contribution in [1.82, 2.24) is 15.1 Å². The zero-order valence-corrected chi connectivity index (χ0v) is 17.2. The number of rotatable bonds is 7. The summed E-state index contributed by atoms with van der Waals surface area (Å²) in [6.45, 7) is 4.05. The second kappa shape index (κ2) is 8.82. The van der Waals surface area contributed by atoms with Crippen molar-refractivity contribution in [1.29, 1.82) is 0 Å². The van der Waals surface area contributed by atoms with Gasteiger partial charge in [0, 0.05) is 12.1 Å². The smallest absolute Gasteiger partial charge is 0.270 e. The van der Waals surface area contributed by atoms with Gasteiger partial charge in [0.15, 0.2) is 5.76 Å². The van der Waals surface area contributed by atoms with Gasteiger partial charge < -0.3 is 9.73 Å². The molecule has 0 fully saturated rings. The fraction of sp³-hybridized carbons (Fsp3) is 0.200. The van der Waals surface area contributed by atoms with Crippen LogP contribution in [0.15, 0.2) is 83.5 Å². The lowest BCUT2D eigenvalue weighted by Gasteiger charge is -2.15. The van der Waals surface area contributed by atoms with Crippen LogP contribution >= 0.6 is 0 Å². The van der Waals surface area contributed by atoms with Gasteiger partial charge >= 0.3 is 0 Å². The number of hydrogen-bond acceptors (Lipinski definition) is 3. The minimum Gasteiger partial charge on any atom is -0.463 e. The van der Waals surface area contributed by atoms with Crippen molar-refractivity contribution in [2.75, 3.05) is 0 Å². The Balaban J connectivity index is 1.56. The number of aromatic nitrogens is 2. The van der Waals surface area contributed by atoms with Crippen LogP contribution in [0.25, 0.3) is 17.1 Å². The third-order valence-corrected chi connectivity index (χ3v) is 5.05. The molecule has 0 aliphatic rings. The Morgan fingerprint density at radius 3 is 2.63 bits per heavy atom. The largest absolute Gasteiger partial charge is 0.463 e. The molecule has 5 nitrogen and oxygen atoms in total. The van der Waals surface area contributed by atoms with Gasteiger partial charge in [0.05, 0.1) is 12.0 Å². The Bertz CT molecular complexity index is 1110. The van der Waals surface area contributed by atoms with Crippen molar-refractivity contribution in [3.05, 3.63) is 95.9 Å². The number of aryl methyl sites for hydroxylation is 2. The molecule has 1 atom stereocenters. The average molecular weight is 399 g/mol.